The third kappa shape index (κ3) is 5.81. The Labute approximate surface area is 105 Å². The van der Waals surface area contributed by atoms with Gasteiger partial charge in [-0.1, -0.05) is 19.3 Å². The topological polar surface area (TPSA) is 75.4 Å². The van der Waals surface area contributed by atoms with Crippen molar-refractivity contribution in [3.63, 3.8) is 0 Å². The first-order chi connectivity index (χ1) is 8.17. The third-order valence-corrected chi connectivity index (χ3v) is 4.68. The van der Waals surface area contributed by atoms with E-state index in [4.69, 9.17) is 5.73 Å². The summed E-state index contributed by atoms with van der Waals surface area (Å²) in [4.78, 5) is 0. The molecule has 0 spiro atoms. The van der Waals surface area contributed by atoms with Gasteiger partial charge in [0.1, 0.15) is 0 Å². The van der Waals surface area contributed by atoms with Crippen LogP contribution in [0.5, 0.6) is 0 Å². The lowest BCUT2D eigenvalue weighted by Crippen LogP contribution is -2.41. The summed E-state index contributed by atoms with van der Waals surface area (Å²) < 4.78 is 28.2. The summed E-state index contributed by atoms with van der Waals surface area (Å²) in [6, 6.07) is 0. The summed E-state index contributed by atoms with van der Waals surface area (Å²) in [6.07, 6.45) is 7.06. The van der Waals surface area contributed by atoms with Crippen molar-refractivity contribution in [2.45, 2.75) is 44.9 Å². The first-order valence-electron chi connectivity index (χ1n) is 6.61. The average molecular weight is 263 g/mol. The second kappa shape index (κ2) is 8.02. The molecule has 5 nitrogen and oxygen atoms in total. The molecular formula is C11H25N3O2S. The highest BCUT2D eigenvalue weighted by molar-refractivity contribution is 7.87. The Bertz CT molecular complexity index is 285. The molecule has 0 bridgehead atoms. The second-order valence-electron chi connectivity index (χ2n) is 4.56. The molecule has 0 aromatic carbocycles. The highest BCUT2D eigenvalue weighted by Gasteiger charge is 2.21. The third-order valence-electron chi connectivity index (χ3n) is 3.07. The summed E-state index contributed by atoms with van der Waals surface area (Å²) >= 11 is 0. The minimum atomic E-state index is -3.24. The minimum absolute atomic E-state index is 0.527. The molecule has 1 fully saturated rings. The largest absolute Gasteiger partial charge is 0.330 e. The van der Waals surface area contributed by atoms with Crippen molar-refractivity contribution in [1.29, 1.82) is 0 Å². The summed E-state index contributed by atoms with van der Waals surface area (Å²) in [6.45, 7) is 2.54. The van der Waals surface area contributed by atoms with Gasteiger partial charge in [0.15, 0.2) is 0 Å². The summed E-state index contributed by atoms with van der Waals surface area (Å²) in [5.41, 5.74) is 5.38. The van der Waals surface area contributed by atoms with Crippen LogP contribution < -0.4 is 10.5 Å². The summed E-state index contributed by atoms with van der Waals surface area (Å²) in [7, 11) is -3.24. The van der Waals surface area contributed by atoms with E-state index in [2.05, 4.69) is 4.72 Å². The van der Waals surface area contributed by atoms with Crippen LogP contribution in [0.2, 0.25) is 0 Å². The second-order valence-corrected chi connectivity index (χ2v) is 6.32. The molecule has 0 amide bonds. The van der Waals surface area contributed by atoms with Crippen LogP contribution in [-0.2, 0) is 10.2 Å². The van der Waals surface area contributed by atoms with Crippen LogP contribution in [0.3, 0.4) is 0 Å². The van der Waals surface area contributed by atoms with Crippen molar-refractivity contribution < 1.29 is 8.42 Å². The number of nitrogens with zero attached hydrogens (tertiary/aromatic N) is 1. The maximum Gasteiger partial charge on any atom is 0.279 e. The quantitative estimate of drug-likeness (QED) is 0.668. The fraction of sp³-hybridized carbons (Fsp3) is 1.00. The van der Waals surface area contributed by atoms with Gasteiger partial charge in [-0.15, -0.1) is 0 Å². The van der Waals surface area contributed by atoms with Crippen LogP contribution in [0, 0.1) is 0 Å². The molecule has 6 heteroatoms. The van der Waals surface area contributed by atoms with Crippen LogP contribution in [0.25, 0.3) is 0 Å². The van der Waals surface area contributed by atoms with Crippen LogP contribution in [-0.4, -0.2) is 38.9 Å². The first-order valence-corrected chi connectivity index (χ1v) is 8.05. The molecule has 1 rings (SSSR count). The Hall–Kier alpha value is -0.170. The van der Waals surface area contributed by atoms with Crippen LogP contribution in [0.15, 0.2) is 0 Å². The van der Waals surface area contributed by atoms with Gasteiger partial charge in [-0.25, -0.2) is 4.72 Å². The summed E-state index contributed by atoms with van der Waals surface area (Å²) in [5.74, 6) is 0. The van der Waals surface area contributed by atoms with Crippen molar-refractivity contribution in [3.05, 3.63) is 0 Å². The molecule has 0 aliphatic carbocycles. The van der Waals surface area contributed by atoms with Crippen molar-refractivity contribution in [2.24, 2.45) is 5.73 Å². The van der Waals surface area contributed by atoms with Crippen LogP contribution in [0.4, 0.5) is 0 Å². The van der Waals surface area contributed by atoms with Crippen LogP contribution >= 0.6 is 0 Å². The van der Waals surface area contributed by atoms with Gasteiger partial charge in [-0.05, 0) is 32.2 Å². The van der Waals surface area contributed by atoms with E-state index >= 15 is 0 Å². The zero-order valence-corrected chi connectivity index (χ0v) is 11.3. The fourth-order valence-corrected chi connectivity index (χ4v) is 3.34. The molecule has 0 saturated carbocycles. The Balaban J connectivity index is 2.28. The lowest BCUT2D eigenvalue weighted by Gasteiger charge is -2.20. The van der Waals surface area contributed by atoms with Crippen molar-refractivity contribution in [3.8, 4) is 0 Å². The zero-order chi connectivity index (χ0) is 12.6. The van der Waals surface area contributed by atoms with Gasteiger partial charge in [-0.2, -0.15) is 12.7 Å². The molecule has 17 heavy (non-hydrogen) atoms. The Morgan fingerprint density at radius 3 is 2.24 bits per heavy atom. The summed E-state index contributed by atoms with van der Waals surface area (Å²) in [5, 5.41) is 0. The van der Waals surface area contributed by atoms with Crippen LogP contribution in [0.1, 0.15) is 44.9 Å². The maximum absolute atomic E-state index is 12.0. The smallest absolute Gasteiger partial charge is 0.279 e. The Kier molecular flexibility index (Phi) is 7.03. The molecule has 0 unspecified atom stereocenters. The molecule has 0 aromatic rings. The minimum Gasteiger partial charge on any atom is -0.330 e. The highest BCUT2D eigenvalue weighted by Crippen LogP contribution is 2.12. The van der Waals surface area contributed by atoms with Gasteiger partial charge < -0.3 is 5.73 Å². The van der Waals surface area contributed by atoms with E-state index in [9.17, 15) is 8.42 Å². The number of unbranched alkanes of at least 4 members (excludes halogenated alkanes) is 2. The highest BCUT2D eigenvalue weighted by atomic mass is 32.2. The van der Waals surface area contributed by atoms with Crippen molar-refractivity contribution >= 4 is 10.2 Å². The lowest BCUT2D eigenvalue weighted by atomic mass is 10.2. The standard InChI is InChI=1S/C11H25N3O2S/c12-8-4-3-5-9-13-17(15,16)14-10-6-1-2-7-11-14/h13H,1-12H2. The normalized spacial score (nSPS) is 19.1. The Morgan fingerprint density at radius 1 is 1.00 bits per heavy atom. The van der Waals surface area contributed by atoms with E-state index < -0.39 is 10.2 Å². The molecule has 1 aliphatic rings. The molecule has 102 valence electrons. The van der Waals surface area contributed by atoms with E-state index in [1.807, 2.05) is 0 Å². The first kappa shape index (κ1) is 14.9. The van der Waals surface area contributed by atoms with Gasteiger partial charge in [0.25, 0.3) is 10.2 Å². The number of hydrogen-bond acceptors (Lipinski definition) is 3. The zero-order valence-electron chi connectivity index (χ0n) is 10.5. The lowest BCUT2D eigenvalue weighted by molar-refractivity contribution is 0.414. The van der Waals surface area contributed by atoms with Gasteiger partial charge >= 0.3 is 0 Å². The molecular weight excluding hydrogens is 238 g/mol. The number of nitrogens with two attached hydrogens (primary N) is 1. The SMILES string of the molecule is NCCCCCNS(=O)(=O)N1CCCCCC1. The molecule has 3 N–H and O–H groups in total. The molecule has 0 radical (unpaired) electrons. The van der Waals surface area contributed by atoms with Crippen molar-refractivity contribution in [1.82, 2.24) is 9.03 Å². The molecule has 1 saturated heterocycles. The van der Waals surface area contributed by atoms with E-state index in [0.717, 1.165) is 44.9 Å². The van der Waals surface area contributed by atoms with E-state index in [-0.39, 0.29) is 0 Å². The van der Waals surface area contributed by atoms with E-state index in [1.165, 1.54) is 0 Å². The number of rotatable bonds is 7. The predicted octanol–water partition coefficient (Wildman–Crippen LogP) is 0.826. The van der Waals surface area contributed by atoms with Gasteiger partial charge in [0, 0.05) is 19.6 Å². The molecule has 0 atom stereocenters. The maximum atomic E-state index is 12.0. The van der Waals surface area contributed by atoms with Crippen molar-refractivity contribution in [2.75, 3.05) is 26.2 Å². The van der Waals surface area contributed by atoms with Gasteiger partial charge in [-0.3, -0.25) is 0 Å². The van der Waals surface area contributed by atoms with E-state index in [1.54, 1.807) is 4.31 Å². The predicted molar refractivity (Wildman–Crippen MR) is 69.9 cm³/mol. The molecule has 1 aliphatic heterocycles. The number of hydrogen-bond donors (Lipinski definition) is 2. The van der Waals surface area contributed by atoms with Gasteiger partial charge in [0.2, 0.25) is 0 Å². The number of nitrogens with one attached hydrogen (secondary N) is 1. The molecule has 0 aromatic heterocycles. The fourth-order valence-electron chi connectivity index (χ4n) is 2.02. The monoisotopic (exact) mass is 263 g/mol. The Morgan fingerprint density at radius 2 is 1.65 bits per heavy atom. The molecule has 1 heterocycles. The average Bonchev–Trinajstić information content (AvgIpc) is 2.57. The van der Waals surface area contributed by atoms with Gasteiger partial charge in [0.05, 0.1) is 0 Å². The van der Waals surface area contributed by atoms with E-state index in [0.29, 0.717) is 26.2 Å².